The minimum Gasteiger partial charge on any atom is -0.444 e. The number of imidazole rings is 1. The number of hydrogen-bond acceptors (Lipinski definition) is 4. The van der Waals surface area contributed by atoms with Crippen LogP contribution in [0.2, 0.25) is 0 Å². The predicted octanol–water partition coefficient (Wildman–Crippen LogP) is 4.56. The van der Waals surface area contributed by atoms with Crippen LogP contribution in [0.1, 0.15) is 52.4 Å². The normalized spacial score (nSPS) is 21.1. The molecular formula is C25H30N4O3. The van der Waals surface area contributed by atoms with Gasteiger partial charge in [0.15, 0.2) is 0 Å². The second-order valence-corrected chi connectivity index (χ2v) is 9.17. The molecule has 32 heavy (non-hydrogen) atoms. The van der Waals surface area contributed by atoms with E-state index < -0.39 is 17.7 Å². The van der Waals surface area contributed by atoms with Crippen molar-refractivity contribution in [1.82, 2.24) is 20.2 Å². The first-order valence-corrected chi connectivity index (χ1v) is 11.1. The van der Waals surface area contributed by atoms with Gasteiger partial charge in [0.25, 0.3) is 0 Å². The van der Waals surface area contributed by atoms with Gasteiger partial charge in [0.1, 0.15) is 17.5 Å². The average Bonchev–Trinajstić information content (AvgIpc) is 3.24. The first-order valence-electron chi connectivity index (χ1n) is 11.1. The lowest BCUT2D eigenvalue weighted by atomic mass is 10.1. The number of nitrogens with one attached hydrogen (secondary N) is 2. The van der Waals surface area contributed by atoms with Crippen molar-refractivity contribution in [3.05, 3.63) is 66.0 Å². The number of carbonyl (C=O) groups excluding carboxylic acids is 2. The molecule has 1 aliphatic heterocycles. The van der Waals surface area contributed by atoms with Gasteiger partial charge in [-0.3, -0.25) is 4.79 Å². The van der Waals surface area contributed by atoms with E-state index in [0.717, 1.165) is 22.4 Å². The maximum absolute atomic E-state index is 13.8. The average molecular weight is 435 g/mol. The smallest absolute Gasteiger partial charge is 0.408 e. The molecule has 2 aliphatic rings. The molecule has 2 aromatic rings. The molecule has 1 saturated heterocycles. The molecule has 7 nitrogen and oxygen atoms in total. The zero-order valence-corrected chi connectivity index (χ0v) is 19.0. The number of aromatic nitrogens is 2. The molecule has 3 unspecified atom stereocenters. The van der Waals surface area contributed by atoms with E-state index in [9.17, 15) is 9.59 Å². The molecule has 3 atom stereocenters. The van der Waals surface area contributed by atoms with E-state index in [1.54, 1.807) is 20.8 Å². The minimum atomic E-state index is -0.694. The Balaban J connectivity index is 1.66. The number of rotatable bonds is 4. The van der Waals surface area contributed by atoms with Gasteiger partial charge in [-0.2, -0.15) is 0 Å². The van der Waals surface area contributed by atoms with Gasteiger partial charge in [-0.15, -0.1) is 0 Å². The van der Waals surface area contributed by atoms with Crippen LogP contribution in [0.3, 0.4) is 0 Å². The van der Waals surface area contributed by atoms with E-state index in [2.05, 4.69) is 16.4 Å². The number of benzene rings is 1. The Bertz CT molecular complexity index is 1070. The molecule has 1 fully saturated rings. The van der Waals surface area contributed by atoms with Gasteiger partial charge < -0.3 is 19.9 Å². The molecule has 0 saturated carbocycles. The molecule has 1 aromatic carbocycles. The molecule has 2 amide bonds. The van der Waals surface area contributed by atoms with Gasteiger partial charge in [-0.25, -0.2) is 9.78 Å². The van der Waals surface area contributed by atoms with Crippen LogP contribution in [-0.4, -0.2) is 44.6 Å². The predicted molar refractivity (Wildman–Crippen MR) is 124 cm³/mol. The number of nitrogens with zero attached hydrogens (tertiary/aromatic N) is 2. The fraction of sp³-hybridized carbons (Fsp3) is 0.400. The number of carbonyl (C=O) groups is 2. The quantitative estimate of drug-likeness (QED) is 0.738. The summed E-state index contributed by atoms with van der Waals surface area (Å²) >= 11 is 0. The van der Waals surface area contributed by atoms with Crippen molar-refractivity contribution >= 4 is 23.0 Å². The highest BCUT2D eigenvalue weighted by Crippen LogP contribution is 2.41. The lowest BCUT2D eigenvalue weighted by Crippen LogP contribution is -2.51. The molecule has 2 N–H and O–H groups in total. The first kappa shape index (κ1) is 21.9. The van der Waals surface area contributed by atoms with Crippen molar-refractivity contribution in [2.24, 2.45) is 0 Å². The summed E-state index contributed by atoms with van der Waals surface area (Å²) in [6.07, 6.45) is 10.5. The Morgan fingerprint density at radius 2 is 2.03 bits per heavy atom. The van der Waals surface area contributed by atoms with Crippen molar-refractivity contribution in [2.75, 3.05) is 0 Å². The number of amides is 2. The number of allylic oxidation sites excluding steroid dienone is 4. The minimum absolute atomic E-state index is 0.149. The van der Waals surface area contributed by atoms with E-state index in [-0.39, 0.29) is 18.0 Å². The molecule has 7 heteroatoms. The van der Waals surface area contributed by atoms with Crippen LogP contribution in [0.15, 0.2) is 60.2 Å². The Kier molecular flexibility index (Phi) is 5.91. The number of likely N-dealkylation sites (tertiary alicyclic amines) is 1. The monoisotopic (exact) mass is 434 g/mol. The van der Waals surface area contributed by atoms with E-state index in [1.165, 1.54) is 0 Å². The van der Waals surface area contributed by atoms with Crippen LogP contribution in [0.5, 0.6) is 0 Å². The van der Waals surface area contributed by atoms with Gasteiger partial charge in [-0.05, 0) is 51.3 Å². The van der Waals surface area contributed by atoms with E-state index in [4.69, 9.17) is 9.72 Å². The number of aromatic amines is 1. The summed E-state index contributed by atoms with van der Waals surface area (Å²) in [5, 5.41) is 2.77. The second-order valence-electron chi connectivity index (χ2n) is 9.17. The van der Waals surface area contributed by atoms with Crippen molar-refractivity contribution in [1.29, 1.82) is 0 Å². The largest absolute Gasteiger partial charge is 0.444 e. The molecule has 168 valence electrons. The van der Waals surface area contributed by atoms with Gasteiger partial charge in [0.2, 0.25) is 5.91 Å². The lowest BCUT2D eigenvalue weighted by Gasteiger charge is -2.32. The van der Waals surface area contributed by atoms with Crippen LogP contribution >= 0.6 is 0 Å². The Morgan fingerprint density at radius 1 is 1.25 bits per heavy atom. The topological polar surface area (TPSA) is 87.3 Å². The van der Waals surface area contributed by atoms with Crippen molar-refractivity contribution in [3.63, 3.8) is 0 Å². The highest BCUT2D eigenvalue weighted by atomic mass is 16.6. The maximum atomic E-state index is 13.8. The molecule has 1 aliphatic carbocycles. The molecule has 0 bridgehead atoms. The van der Waals surface area contributed by atoms with Crippen LogP contribution < -0.4 is 5.32 Å². The van der Waals surface area contributed by atoms with E-state index in [0.29, 0.717) is 12.8 Å². The molecule has 4 rings (SSSR count). The van der Waals surface area contributed by atoms with Crippen molar-refractivity contribution in [3.8, 4) is 0 Å². The number of para-hydroxylation sites is 2. The summed E-state index contributed by atoms with van der Waals surface area (Å²) in [6.45, 7) is 7.28. The molecule has 0 radical (unpaired) electrons. The maximum Gasteiger partial charge on any atom is 0.408 e. The number of alkyl carbamates (subject to hydrolysis) is 1. The summed E-state index contributed by atoms with van der Waals surface area (Å²) in [7, 11) is 0. The number of hydrogen-bond donors (Lipinski definition) is 2. The fourth-order valence-electron chi connectivity index (χ4n) is 4.23. The van der Waals surface area contributed by atoms with Crippen LogP contribution in [0, 0.1) is 0 Å². The summed E-state index contributed by atoms with van der Waals surface area (Å²) in [5.74, 6) is 0.599. The zero-order chi connectivity index (χ0) is 22.9. The highest BCUT2D eigenvalue weighted by Gasteiger charge is 2.43. The standard InChI is InChI=1S/C25H30N4O3/c1-5-17(28-24(31)32-25(2,3)4)23(30)29-20-14-8-6-7-11-16(20)15-21(29)22-26-18-12-9-10-13-19(18)27-22/h6-14,17,20-21H,5,15H2,1-4H3,(H,26,27)(H,28,31). The van der Waals surface area contributed by atoms with Gasteiger partial charge in [-0.1, -0.05) is 49.4 Å². The van der Waals surface area contributed by atoms with Crippen molar-refractivity contribution in [2.45, 2.75) is 64.3 Å². The molecule has 0 spiro atoms. The Morgan fingerprint density at radius 3 is 2.75 bits per heavy atom. The van der Waals surface area contributed by atoms with Gasteiger partial charge >= 0.3 is 6.09 Å². The first-order chi connectivity index (χ1) is 15.3. The van der Waals surface area contributed by atoms with Crippen LogP contribution in [-0.2, 0) is 9.53 Å². The molecular weight excluding hydrogens is 404 g/mol. The van der Waals surface area contributed by atoms with Gasteiger partial charge in [0, 0.05) is 0 Å². The van der Waals surface area contributed by atoms with Crippen LogP contribution in [0.4, 0.5) is 4.79 Å². The third-order valence-electron chi connectivity index (χ3n) is 5.65. The summed E-state index contributed by atoms with van der Waals surface area (Å²) < 4.78 is 5.39. The lowest BCUT2D eigenvalue weighted by molar-refractivity contribution is -0.135. The summed E-state index contributed by atoms with van der Waals surface area (Å²) in [5.41, 5.74) is 2.30. The van der Waals surface area contributed by atoms with Crippen LogP contribution in [0.25, 0.3) is 11.0 Å². The SMILES string of the molecule is CCC(NC(=O)OC(C)(C)C)C(=O)N1C2C=CC=CC=C2CC1c1nc2ccccc2[nH]1. The Labute approximate surface area is 188 Å². The third-order valence-corrected chi connectivity index (χ3v) is 5.65. The molecule has 1 aromatic heterocycles. The zero-order valence-electron chi connectivity index (χ0n) is 19.0. The molecule has 2 heterocycles. The fourth-order valence-corrected chi connectivity index (χ4v) is 4.23. The second kappa shape index (κ2) is 8.65. The number of H-pyrrole nitrogens is 1. The van der Waals surface area contributed by atoms with Gasteiger partial charge in [0.05, 0.1) is 23.1 Å². The summed E-state index contributed by atoms with van der Waals surface area (Å²) in [4.78, 5) is 36.2. The highest BCUT2D eigenvalue weighted by molar-refractivity contribution is 5.87. The third kappa shape index (κ3) is 4.47. The summed E-state index contributed by atoms with van der Waals surface area (Å²) in [6, 6.07) is 6.70. The number of ether oxygens (including phenoxy) is 1. The Hall–Kier alpha value is -3.35. The van der Waals surface area contributed by atoms with E-state index >= 15 is 0 Å². The van der Waals surface area contributed by atoms with Crippen molar-refractivity contribution < 1.29 is 14.3 Å². The number of fused-ring (bicyclic) bond motifs is 2. The van der Waals surface area contributed by atoms with E-state index in [1.807, 2.05) is 60.4 Å².